The minimum atomic E-state index is -0.358. The molecule has 0 saturated carbocycles. The van der Waals surface area contributed by atoms with E-state index in [2.05, 4.69) is 10.6 Å². The first-order valence-corrected chi connectivity index (χ1v) is 7.32. The molecule has 2 aromatic carbocycles. The molecule has 2 aromatic rings. The minimum Gasteiger partial charge on any atom is -0.332 e. The zero-order chi connectivity index (χ0) is 15.4. The van der Waals surface area contributed by atoms with Crippen LogP contribution in [0.4, 0.5) is 5.69 Å². The van der Waals surface area contributed by atoms with Crippen molar-refractivity contribution in [2.75, 3.05) is 5.32 Å². The van der Waals surface area contributed by atoms with Crippen LogP contribution in [0.3, 0.4) is 0 Å². The van der Waals surface area contributed by atoms with Gasteiger partial charge in [0.2, 0.25) is 0 Å². The topological polar surface area (TPSA) is 41.1 Å². The number of amides is 1. The molecule has 108 valence electrons. The average Bonchev–Trinajstić information content (AvgIpc) is 2.37. The molecule has 3 nitrogen and oxygen atoms in total. The number of hydrogen-bond acceptors (Lipinski definition) is 2. The number of halogens is 3. The lowest BCUT2D eigenvalue weighted by atomic mass is 10.2. The summed E-state index contributed by atoms with van der Waals surface area (Å²) in [5, 5.41) is 6.93. The van der Waals surface area contributed by atoms with Crippen molar-refractivity contribution in [3.63, 3.8) is 0 Å². The molecule has 0 aromatic heterocycles. The fraction of sp³-hybridized carbons (Fsp3) is 0. The molecule has 0 bridgehead atoms. The first-order chi connectivity index (χ1) is 9.94. The van der Waals surface area contributed by atoms with Gasteiger partial charge in [-0.25, -0.2) is 0 Å². The van der Waals surface area contributed by atoms with Gasteiger partial charge in [-0.2, -0.15) is 0 Å². The summed E-state index contributed by atoms with van der Waals surface area (Å²) in [7, 11) is 0. The van der Waals surface area contributed by atoms with Gasteiger partial charge in [0.1, 0.15) is 0 Å². The van der Waals surface area contributed by atoms with Gasteiger partial charge in [0.05, 0.1) is 0 Å². The van der Waals surface area contributed by atoms with Crippen LogP contribution in [0.25, 0.3) is 0 Å². The molecule has 0 unspecified atom stereocenters. The van der Waals surface area contributed by atoms with E-state index in [-0.39, 0.29) is 11.0 Å². The third kappa shape index (κ3) is 4.86. The van der Waals surface area contributed by atoms with Crippen LogP contribution < -0.4 is 10.6 Å². The highest BCUT2D eigenvalue weighted by molar-refractivity contribution is 7.80. The van der Waals surface area contributed by atoms with Crippen molar-refractivity contribution in [2.24, 2.45) is 0 Å². The molecule has 0 fully saturated rings. The Kier molecular flexibility index (Phi) is 5.42. The Hall–Kier alpha value is -1.33. The van der Waals surface area contributed by atoms with Crippen molar-refractivity contribution < 1.29 is 4.79 Å². The molecular weight excluding hydrogens is 351 g/mol. The second-order valence-electron chi connectivity index (χ2n) is 4.08. The van der Waals surface area contributed by atoms with Crippen LogP contribution in [0.15, 0.2) is 42.5 Å². The molecule has 7 heteroatoms. The SMILES string of the molecule is O=C(NC(=S)Nc1cc(Cl)cc(Cl)c1)c1cccc(Cl)c1. The Morgan fingerprint density at radius 3 is 2.24 bits per heavy atom. The fourth-order valence-electron chi connectivity index (χ4n) is 1.59. The number of carbonyl (C=O) groups excluding carboxylic acids is 1. The van der Waals surface area contributed by atoms with Crippen molar-refractivity contribution in [1.82, 2.24) is 5.32 Å². The second kappa shape index (κ2) is 7.09. The Morgan fingerprint density at radius 1 is 0.952 bits per heavy atom. The maximum atomic E-state index is 12.0. The minimum absolute atomic E-state index is 0.137. The smallest absolute Gasteiger partial charge is 0.257 e. The molecule has 0 heterocycles. The van der Waals surface area contributed by atoms with Gasteiger partial charge in [-0.1, -0.05) is 40.9 Å². The molecule has 0 aliphatic rings. The van der Waals surface area contributed by atoms with E-state index in [0.717, 1.165) is 0 Å². The highest BCUT2D eigenvalue weighted by Crippen LogP contribution is 2.22. The molecule has 0 saturated heterocycles. The average molecular weight is 360 g/mol. The normalized spacial score (nSPS) is 10.0. The van der Waals surface area contributed by atoms with Crippen molar-refractivity contribution in [3.05, 3.63) is 63.1 Å². The van der Waals surface area contributed by atoms with Gasteiger partial charge in [0, 0.05) is 26.3 Å². The van der Waals surface area contributed by atoms with Crippen LogP contribution in [0.1, 0.15) is 10.4 Å². The van der Waals surface area contributed by atoms with Gasteiger partial charge >= 0.3 is 0 Å². The number of hydrogen-bond donors (Lipinski definition) is 2. The Balaban J connectivity index is 2.03. The van der Waals surface area contributed by atoms with E-state index in [9.17, 15) is 4.79 Å². The van der Waals surface area contributed by atoms with E-state index in [1.165, 1.54) is 0 Å². The molecule has 0 aliphatic carbocycles. The lowest BCUT2D eigenvalue weighted by molar-refractivity contribution is 0.0978. The Morgan fingerprint density at radius 2 is 1.62 bits per heavy atom. The van der Waals surface area contributed by atoms with Gasteiger partial charge in [-0.15, -0.1) is 0 Å². The number of carbonyl (C=O) groups is 1. The summed E-state index contributed by atoms with van der Waals surface area (Å²) in [5.74, 6) is -0.358. The first kappa shape index (κ1) is 16.0. The number of nitrogens with one attached hydrogen (secondary N) is 2. The van der Waals surface area contributed by atoms with Crippen molar-refractivity contribution in [3.8, 4) is 0 Å². The first-order valence-electron chi connectivity index (χ1n) is 5.78. The quantitative estimate of drug-likeness (QED) is 0.759. The van der Waals surface area contributed by atoms with Gasteiger partial charge in [0.15, 0.2) is 5.11 Å². The fourth-order valence-corrected chi connectivity index (χ4v) is 2.52. The van der Waals surface area contributed by atoms with Gasteiger partial charge in [0.25, 0.3) is 5.91 Å². The number of thiocarbonyl (C=S) groups is 1. The van der Waals surface area contributed by atoms with Crippen LogP contribution in [0.2, 0.25) is 15.1 Å². The number of rotatable bonds is 2. The highest BCUT2D eigenvalue weighted by Gasteiger charge is 2.08. The van der Waals surface area contributed by atoms with E-state index in [0.29, 0.717) is 26.3 Å². The summed E-state index contributed by atoms with van der Waals surface area (Å²) in [6.07, 6.45) is 0. The molecule has 0 atom stereocenters. The Bertz CT molecular complexity index is 686. The summed E-state index contributed by atoms with van der Waals surface area (Å²) in [4.78, 5) is 12.0. The standard InChI is InChI=1S/C14H9Cl3N2OS/c15-9-3-1-2-8(4-9)13(20)19-14(21)18-12-6-10(16)5-11(17)7-12/h1-7H,(H2,18,19,20,21). The third-order valence-corrected chi connectivity index (χ3v) is 3.31. The molecular formula is C14H9Cl3N2OS. The summed E-state index contributed by atoms with van der Waals surface area (Å²) >= 11 is 22.7. The third-order valence-electron chi connectivity index (χ3n) is 2.43. The Labute approximate surface area is 142 Å². The molecule has 2 rings (SSSR count). The van der Waals surface area contributed by atoms with Crippen molar-refractivity contribution in [1.29, 1.82) is 0 Å². The largest absolute Gasteiger partial charge is 0.332 e. The van der Waals surface area contributed by atoms with Crippen LogP contribution in [0.5, 0.6) is 0 Å². The van der Waals surface area contributed by atoms with Crippen molar-refractivity contribution in [2.45, 2.75) is 0 Å². The van der Waals surface area contributed by atoms with E-state index < -0.39 is 0 Å². The monoisotopic (exact) mass is 358 g/mol. The van der Waals surface area contributed by atoms with Crippen molar-refractivity contribution >= 4 is 63.7 Å². The lowest BCUT2D eigenvalue weighted by Crippen LogP contribution is -2.34. The van der Waals surface area contributed by atoms with E-state index in [4.69, 9.17) is 47.0 Å². The van der Waals surface area contributed by atoms with Crippen LogP contribution in [-0.2, 0) is 0 Å². The maximum absolute atomic E-state index is 12.0. The van der Waals surface area contributed by atoms with E-state index in [1.807, 2.05) is 0 Å². The molecule has 21 heavy (non-hydrogen) atoms. The van der Waals surface area contributed by atoms with Gasteiger partial charge in [-0.3, -0.25) is 10.1 Å². The zero-order valence-corrected chi connectivity index (χ0v) is 13.6. The summed E-state index contributed by atoms with van der Waals surface area (Å²) < 4.78 is 0. The summed E-state index contributed by atoms with van der Waals surface area (Å²) in [6, 6.07) is 11.4. The predicted molar refractivity (Wildman–Crippen MR) is 91.6 cm³/mol. The molecule has 2 N–H and O–H groups in total. The van der Waals surface area contributed by atoms with Gasteiger partial charge in [-0.05, 0) is 48.6 Å². The molecule has 0 radical (unpaired) electrons. The van der Waals surface area contributed by atoms with Gasteiger partial charge < -0.3 is 5.32 Å². The summed E-state index contributed by atoms with van der Waals surface area (Å²) in [5.41, 5.74) is 1.000. The maximum Gasteiger partial charge on any atom is 0.257 e. The van der Waals surface area contributed by atoms with Crippen LogP contribution in [-0.4, -0.2) is 11.0 Å². The molecule has 0 aliphatic heterocycles. The highest BCUT2D eigenvalue weighted by atomic mass is 35.5. The number of anilines is 1. The zero-order valence-electron chi connectivity index (χ0n) is 10.5. The number of benzene rings is 2. The lowest BCUT2D eigenvalue weighted by Gasteiger charge is -2.10. The van der Waals surface area contributed by atoms with Crippen LogP contribution in [0, 0.1) is 0 Å². The molecule has 1 amide bonds. The van der Waals surface area contributed by atoms with E-state index >= 15 is 0 Å². The second-order valence-corrected chi connectivity index (χ2v) is 5.79. The molecule has 0 spiro atoms. The predicted octanol–water partition coefficient (Wildman–Crippen LogP) is 4.77. The van der Waals surface area contributed by atoms with Crippen LogP contribution >= 0.6 is 47.0 Å². The summed E-state index contributed by atoms with van der Waals surface area (Å²) in [6.45, 7) is 0. The van der Waals surface area contributed by atoms with E-state index in [1.54, 1.807) is 42.5 Å².